The fraction of sp³-hybridized carbons (Fsp3) is 0.143. The van der Waals surface area contributed by atoms with Gasteiger partial charge in [0.1, 0.15) is 5.15 Å². The molecule has 0 amide bonds. The van der Waals surface area contributed by atoms with Crippen LogP contribution in [0, 0.1) is 11.3 Å². The number of anilines is 2. The number of hydrogen-bond acceptors (Lipinski definition) is 3. The van der Waals surface area contributed by atoms with E-state index in [0.717, 1.165) is 5.69 Å². The first-order valence-corrected chi connectivity index (χ1v) is 6.98. The molecule has 2 aromatic rings. The number of nitriles is 1. The van der Waals surface area contributed by atoms with Crippen molar-refractivity contribution in [2.75, 3.05) is 11.4 Å². The summed E-state index contributed by atoms with van der Waals surface area (Å²) in [5, 5.41) is 9.67. The van der Waals surface area contributed by atoms with E-state index in [9.17, 15) is 0 Å². The Bertz CT molecular complexity index is 638. The van der Waals surface area contributed by atoms with Gasteiger partial charge in [-0.1, -0.05) is 53.0 Å². The van der Waals surface area contributed by atoms with E-state index in [1.165, 1.54) is 0 Å². The molecule has 3 nitrogen and oxygen atoms in total. The average Bonchev–Trinajstić information content (AvgIpc) is 2.45. The number of nitrogens with zero attached hydrogens (tertiary/aromatic N) is 3. The van der Waals surface area contributed by atoms with Crippen LogP contribution in [-0.2, 0) is 0 Å². The van der Waals surface area contributed by atoms with Gasteiger partial charge in [-0.3, -0.25) is 0 Å². The third kappa shape index (κ3) is 3.34. The largest absolute Gasteiger partial charge is 0.324 e. The Morgan fingerprint density at radius 2 is 1.80 bits per heavy atom. The molecule has 0 aliphatic heterocycles. The number of benzene rings is 1. The number of pyridine rings is 1. The van der Waals surface area contributed by atoms with E-state index in [4.69, 9.17) is 40.1 Å². The van der Waals surface area contributed by atoms with E-state index in [1.54, 1.807) is 6.07 Å². The molecule has 1 heterocycles. The summed E-state index contributed by atoms with van der Waals surface area (Å²) >= 11 is 18.0. The minimum absolute atomic E-state index is 0.184. The maximum atomic E-state index is 8.80. The molecule has 0 N–H and O–H groups in total. The molecule has 20 heavy (non-hydrogen) atoms. The molecular formula is C14H10Cl3N3. The van der Waals surface area contributed by atoms with E-state index < -0.39 is 0 Å². The van der Waals surface area contributed by atoms with Crippen molar-refractivity contribution in [1.82, 2.24) is 4.98 Å². The lowest BCUT2D eigenvalue weighted by atomic mass is 10.2. The molecule has 0 atom stereocenters. The number of rotatable bonds is 4. The van der Waals surface area contributed by atoms with Crippen LogP contribution in [0.25, 0.3) is 0 Å². The average molecular weight is 327 g/mol. The highest BCUT2D eigenvalue weighted by molar-refractivity contribution is 6.43. The monoisotopic (exact) mass is 325 g/mol. The molecule has 0 unspecified atom stereocenters. The van der Waals surface area contributed by atoms with Gasteiger partial charge in [0.15, 0.2) is 5.82 Å². The van der Waals surface area contributed by atoms with Crippen LogP contribution in [0.4, 0.5) is 11.5 Å². The quantitative estimate of drug-likeness (QED) is 0.734. The summed E-state index contributed by atoms with van der Waals surface area (Å²) in [6, 6.07) is 13.2. The topological polar surface area (TPSA) is 39.9 Å². The van der Waals surface area contributed by atoms with E-state index in [0.29, 0.717) is 28.8 Å². The first kappa shape index (κ1) is 14.9. The van der Waals surface area contributed by atoms with Crippen LogP contribution in [0.1, 0.15) is 6.42 Å². The van der Waals surface area contributed by atoms with Crippen molar-refractivity contribution in [3.63, 3.8) is 0 Å². The van der Waals surface area contributed by atoms with Gasteiger partial charge in [-0.05, 0) is 18.2 Å². The molecule has 0 aliphatic rings. The lowest BCUT2D eigenvalue weighted by Crippen LogP contribution is -2.19. The van der Waals surface area contributed by atoms with Gasteiger partial charge < -0.3 is 4.90 Å². The van der Waals surface area contributed by atoms with E-state index >= 15 is 0 Å². The van der Waals surface area contributed by atoms with Gasteiger partial charge in [-0.15, -0.1) is 0 Å². The van der Waals surface area contributed by atoms with Gasteiger partial charge in [0.05, 0.1) is 22.5 Å². The zero-order valence-electron chi connectivity index (χ0n) is 10.4. The third-order valence-corrected chi connectivity index (χ3v) is 3.59. The Morgan fingerprint density at radius 1 is 1.10 bits per heavy atom. The maximum absolute atomic E-state index is 8.80. The second-order valence-electron chi connectivity index (χ2n) is 3.96. The molecule has 0 radical (unpaired) electrons. The zero-order chi connectivity index (χ0) is 14.5. The van der Waals surface area contributed by atoms with Gasteiger partial charge in [0.2, 0.25) is 0 Å². The predicted molar refractivity (Wildman–Crippen MR) is 82.9 cm³/mol. The fourth-order valence-corrected chi connectivity index (χ4v) is 2.35. The van der Waals surface area contributed by atoms with Crippen molar-refractivity contribution >= 4 is 46.3 Å². The minimum Gasteiger partial charge on any atom is -0.324 e. The number of aromatic nitrogens is 1. The van der Waals surface area contributed by atoms with Crippen molar-refractivity contribution in [2.45, 2.75) is 6.42 Å². The normalized spacial score (nSPS) is 10.1. The van der Waals surface area contributed by atoms with Gasteiger partial charge in [-0.2, -0.15) is 5.26 Å². The summed E-state index contributed by atoms with van der Waals surface area (Å²) in [5.74, 6) is 0.488. The van der Waals surface area contributed by atoms with Gasteiger partial charge >= 0.3 is 0 Å². The molecule has 0 saturated heterocycles. The Kier molecular flexibility index (Phi) is 5.08. The van der Waals surface area contributed by atoms with Crippen molar-refractivity contribution in [1.29, 1.82) is 5.26 Å². The Hall–Kier alpha value is -1.47. The molecule has 1 aromatic heterocycles. The van der Waals surface area contributed by atoms with Crippen molar-refractivity contribution in [3.8, 4) is 6.07 Å². The van der Waals surface area contributed by atoms with Crippen LogP contribution in [0.3, 0.4) is 0 Å². The van der Waals surface area contributed by atoms with E-state index in [2.05, 4.69) is 11.1 Å². The molecule has 0 saturated carbocycles. The maximum Gasteiger partial charge on any atom is 0.153 e. The number of halogens is 3. The zero-order valence-corrected chi connectivity index (χ0v) is 12.6. The predicted octanol–water partition coefficient (Wildman–Crippen LogP) is 5.09. The summed E-state index contributed by atoms with van der Waals surface area (Å²) in [5.41, 5.74) is 0.885. The van der Waals surface area contributed by atoms with Crippen molar-refractivity contribution < 1.29 is 0 Å². The van der Waals surface area contributed by atoms with Gasteiger partial charge in [-0.25, -0.2) is 4.98 Å². The van der Waals surface area contributed by atoms with Gasteiger partial charge in [0, 0.05) is 12.2 Å². The fourth-order valence-electron chi connectivity index (χ4n) is 1.75. The van der Waals surface area contributed by atoms with Crippen LogP contribution < -0.4 is 4.90 Å². The van der Waals surface area contributed by atoms with Crippen molar-refractivity contribution in [3.05, 3.63) is 51.6 Å². The summed E-state index contributed by atoms with van der Waals surface area (Å²) < 4.78 is 0. The van der Waals surface area contributed by atoms with Crippen LogP contribution in [0.5, 0.6) is 0 Å². The van der Waals surface area contributed by atoms with E-state index in [-0.39, 0.29) is 5.15 Å². The Morgan fingerprint density at radius 3 is 2.45 bits per heavy atom. The molecule has 0 bridgehead atoms. The van der Waals surface area contributed by atoms with Gasteiger partial charge in [0.25, 0.3) is 0 Å². The summed E-state index contributed by atoms with van der Waals surface area (Å²) in [6.07, 6.45) is 0.340. The Balaban J connectivity index is 2.47. The molecule has 0 aliphatic carbocycles. The van der Waals surface area contributed by atoms with Crippen LogP contribution in [0.15, 0.2) is 36.4 Å². The van der Waals surface area contributed by atoms with Crippen LogP contribution in [0.2, 0.25) is 15.2 Å². The lowest BCUT2D eigenvalue weighted by Gasteiger charge is -2.24. The number of hydrogen-bond donors (Lipinski definition) is 0. The first-order valence-electron chi connectivity index (χ1n) is 5.84. The van der Waals surface area contributed by atoms with Crippen molar-refractivity contribution in [2.24, 2.45) is 0 Å². The molecule has 2 rings (SSSR count). The third-order valence-electron chi connectivity index (χ3n) is 2.64. The SMILES string of the molecule is N#CCCN(c1ccccc1)c1nc(Cl)c(Cl)cc1Cl. The standard InChI is InChI=1S/C14H10Cl3N3/c15-11-9-12(16)14(19-13(11)17)20(8-4-7-18)10-5-2-1-3-6-10/h1-3,5-6,9H,4,8H2. The highest BCUT2D eigenvalue weighted by Crippen LogP contribution is 2.34. The second-order valence-corrected chi connectivity index (χ2v) is 5.13. The Labute approximate surface area is 132 Å². The smallest absolute Gasteiger partial charge is 0.153 e. The minimum atomic E-state index is 0.184. The second kappa shape index (κ2) is 6.81. The molecule has 102 valence electrons. The highest BCUT2D eigenvalue weighted by atomic mass is 35.5. The highest BCUT2D eigenvalue weighted by Gasteiger charge is 2.16. The summed E-state index contributed by atoms with van der Waals surface area (Å²) in [4.78, 5) is 6.06. The first-order chi connectivity index (χ1) is 9.63. The molecule has 0 spiro atoms. The van der Waals surface area contributed by atoms with Crippen LogP contribution in [-0.4, -0.2) is 11.5 Å². The number of para-hydroxylation sites is 1. The summed E-state index contributed by atoms with van der Waals surface area (Å²) in [6.45, 7) is 0.463. The summed E-state index contributed by atoms with van der Waals surface area (Å²) in [7, 11) is 0. The van der Waals surface area contributed by atoms with E-state index in [1.807, 2.05) is 35.2 Å². The molecular weight excluding hydrogens is 317 g/mol. The van der Waals surface area contributed by atoms with Crippen LogP contribution >= 0.6 is 34.8 Å². The molecule has 1 aromatic carbocycles. The molecule has 6 heteroatoms. The lowest BCUT2D eigenvalue weighted by molar-refractivity contribution is 0.927. The molecule has 0 fully saturated rings.